The molecular formula is C12H20O4. The molecule has 0 aliphatic heterocycles. The van der Waals surface area contributed by atoms with E-state index in [1.165, 1.54) is 7.11 Å². The van der Waals surface area contributed by atoms with Crippen LogP contribution in [0, 0.1) is 5.92 Å². The van der Waals surface area contributed by atoms with Crippen LogP contribution in [0.1, 0.15) is 39.5 Å². The number of ether oxygens (including phenoxy) is 1. The van der Waals surface area contributed by atoms with Crippen molar-refractivity contribution in [1.82, 2.24) is 0 Å². The first-order valence-corrected chi connectivity index (χ1v) is 5.55. The molecule has 0 aliphatic rings. The average molecular weight is 228 g/mol. The maximum atomic E-state index is 11.2. The Morgan fingerprint density at radius 2 is 2.00 bits per heavy atom. The quantitative estimate of drug-likeness (QED) is 0.413. The lowest BCUT2D eigenvalue weighted by Crippen LogP contribution is -2.20. The third kappa shape index (κ3) is 4.96. The van der Waals surface area contributed by atoms with Crippen molar-refractivity contribution in [1.29, 1.82) is 0 Å². The van der Waals surface area contributed by atoms with Crippen molar-refractivity contribution in [3.8, 4) is 0 Å². The van der Waals surface area contributed by atoms with E-state index in [2.05, 4.69) is 11.7 Å². The number of rotatable bonds is 7. The summed E-state index contributed by atoms with van der Waals surface area (Å²) >= 11 is 0. The third-order valence-electron chi connectivity index (χ3n) is 2.44. The van der Waals surface area contributed by atoms with Crippen LogP contribution in [0.3, 0.4) is 0 Å². The third-order valence-corrected chi connectivity index (χ3v) is 2.44. The zero-order valence-electron chi connectivity index (χ0n) is 10.2. The number of hydrogen-bond donors (Lipinski definition) is 1. The molecule has 0 bridgehead atoms. The minimum Gasteiger partial charge on any atom is -0.478 e. The number of esters is 1. The van der Waals surface area contributed by atoms with Crippen LogP contribution < -0.4 is 0 Å². The van der Waals surface area contributed by atoms with Gasteiger partial charge in [0.15, 0.2) is 0 Å². The number of aliphatic carboxylic acids is 1. The molecule has 0 aromatic heterocycles. The van der Waals surface area contributed by atoms with E-state index in [0.29, 0.717) is 6.42 Å². The molecule has 0 fully saturated rings. The summed E-state index contributed by atoms with van der Waals surface area (Å²) < 4.78 is 4.53. The summed E-state index contributed by atoms with van der Waals surface area (Å²) in [4.78, 5) is 22.2. The number of hydrogen-bond acceptors (Lipinski definition) is 3. The molecule has 16 heavy (non-hydrogen) atoms. The predicted octanol–water partition coefficient (Wildman–Crippen LogP) is 2.39. The van der Waals surface area contributed by atoms with Crippen LogP contribution in [-0.4, -0.2) is 24.2 Å². The van der Waals surface area contributed by atoms with Crippen LogP contribution in [0.25, 0.3) is 0 Å². The molecule has 4 nitrogen and oxygen atoms in total. The molecule has 0 aromatic carbocycles. The fourth-order valence-electron chi connectivity index (χ4n) is 1.40. The number of allylic oxidation sites excluding steroid dienone is 1. The molecule has 0 radical (unpaired) electrons. The fraction of sp³-hybridized carbons (Fsp3) is 0.667. The number of carboxylic acid groups (broad SMARTS) is 1. The monoisotopic (exact) mass is 228 g/mol. The Balaban J connectivity index is 4.48. The Labute approximate surface area is 96.3 Å². The zero-order valence-corrected chi connectivity index (χ0v) is 10.2. The molecular weight excluding hydrogens is 208 g/mol. The highest BCUT2D eigenvalue weighted by molar-refractivity contribution is 5.94. The normalized spacial score (nSPS) is 13.3. The molecule has 0 amide bonds. The highest BCUT2D eigenvalue weighted by Gasteiger charge is 2.23. The smallest absolute Gasteiger partial charge is 0.332 e. The topological polar surface area (TPSA) is 63.6 Å². The summed E-state index contributed by atoms with van der Waals surface area (Å²) in [5.41, 5.74) is 0.128. The molecule has 0 aromatic rings. The van der Waals surface area contributed by atoms with Crippen LogP contribution in [0.4, 0.5) is 0 Å². The molecule has 0 saturated heterocycles. The molecule has 0 spiro atoms. The van der Waals surface area contributed by atoms with Crippen molar-refractivity contribution in [3.05, 3.63) is 11.6 Å². The Hall–Kier alpha value is -1.32. The SMILES string of the molecule is CCCCC/C=C(/C(=O)O)[C@@H](C)C(=O)OC. The van der Waals surface area contributed by atoms with E-state index < -0.39 is 17.9 Å². The Morgan fingerprint density at radius 3 is 2.44 bits per heavy atom. The second-order valence-corrected chi connectivity index (χ2v) is 3.71. The van der Waals surface area contributed by atoms with Crippen LogP contribution in [0.2, 0.25) is 0 Å². The second kappa shape index (κ2) is 7.91. The van der Waals surface area contributed by atoms with E-state index in [9.17, 15) is 9.59 Å². The van der Waals surface area contributed by atoms with Gasteiger partial charge in [-0.15, -0.1) is 0 Å². The minimum absolute atomic E-state index is 0.128. The fourth-order valence-corrected chi connectivity index (χ4v) is 1.40. The summed E-state index contributed by atoms with van der Waals surface area (Å²) in [5.74, 6) is -2.26. The van der Waals surface area contributed by atoms with E-state index in [0.717, 1.165) is 19.3 Å². The van der Waals surface area contributed by atoms with Gasteiger partial charge < -0.3 is 9.84 Å². The predicted molar refractivity (Wildman–Crippen MR) is 61.0 cm³/mol. The summed E-state index contributed by atoms with van der Waals surface area (Å²) in [6, 6.07) is 0. The van der Waals surface area contributed by atoms with Gasteiger partial charge in [-0.1, -0.05) is 25.8 Å². The van der Waals surface area contributed by atoms with Crippen LogP contribution >= 0.6 is 0 Å². The molecule has 0 saturated carbocycles. The van der Waals surface area contributed by atoms with Gasteiger partial charge in [0.05, 0.1) is 13.0 Å². The van der Waals surface area contributed by atoms with Crippen LogP contribution in [0.15, 0.2) is 11.6 Å². The molecule has 0 heterocycles. The number of carbonyl (C=O) groups excluding carboxylic acids is 1. The number of carboxylic acids is 1. The summed E-state index contributed by atoms with van der Waals surface area (Å²) in [6.45, 7) is 3.63. The Bertz CT molecular complexity index is 268. The molecule has 1 N–H and O–H groups in total. The molecule has 0 aliphatic carbocycles. The van der Waals surface area contributed by atoms with Crippen LogP contribution in [-0.2, 0) is 14.3 Å². The van der Waals surface area contributed by atoms with E-state index in [1.54, 1.807) is 13.0 Å². The lowest BCUT2D eigenvalue weighted by Gasteiger charge is -2.09. The molecule has 4 heteroatoms. The van der Waals surface area contributed by atoms with E-state index in [4.69, 9.17) is 5.11 Å². The van der Waals surface area contributed by atoms with Crippen LogP contribution in [0.5, 0.6) is 0 Å². The summed E-state index contributed by atoms with van der Waals surface area (Å²) in [6.07, 6.45) is 5.41. The first-order chi connectivity index (χ1) is 7.54. The van der Waals surface area contributed by atoms with Gasteiger partial charge in [-0.3, -0.25) is 4.79 Å². The number of unbranched alkanes of at least 4 members (excludes halogenated alkanes) is 3. The maximum Gasteiger partial charge on any atom is 0.332 e. The first kappa shape index (κ1) is 14.7. The maximum absolute atomic E-state index is 11.2. The van der Waals surface area contributed by atoms with Gasteiger partial charge in [0.1, 0.15) is 0 Å². The molecule has 92 valence electrons. The number of methoxy groups -OCH3 is 1. The lowest BCUT2D eigenvalue weighted by molar-refractivity contribution is -0.146. The standard InChI is InChI=1S/C12H20O4/c1-4-5-6-7-8-10(11(13)14)9(2)12(15)16-3/h8-9H,4-7H2,1-3H3,(H,13,14)/b10-8+/t9-/m1/s1. The second-order valence-electron chi connectivity index (χ2n) is 3.71. The largest absolute Gasteiger partial charge is 0.478 e. The molecule has 0 rings (SSSR count). The highest BCUT2D eigenvalue weighted by atomic mass is 16.5. The van der Waals surface area contributed by atoms with Crippen molar-refractivity contribution >= 4 is 11.9 Å². The summed E-state index contributed by atoms with van der Waals surface area (Å²) in [5, 5.41) is 8.97. The van der Waals surface area contributed by atoms with Gasteiger partial charge in [0.25, 0.3) is 0 Å². The minimum atomic E-state index is -1.05. The van der Waals surface area contributed by atoms with Crippen molar-refractivity contribution in [2.24, 2.45) is 5.92 Å². The van der Waals surface area contributed by atoms with Gasteiger partial charge in [-0.25, -0.2) is 4.79 Å². The zero-order chi connectivity index (χ0) is 12.6. The highest BCUT2D eigenvalue weighted by Crippen LogP contribution is 2.14. The number of carbonyl (C=O) groups is 2. The van der Waals surface area contributed by atoms with Gasteiger partial charge in [-0.05, 0) is 19.8 Å². The van der Waals surface area contributed by atoms with Crippen molar-refractivity contribution in [2.45, 2.75) is 39.5 Å². The lowest BCUT2D eigenvalue weighted by atomic mass is 9.99. The van der Waals surface area contributed by atoms with E-state index >= 15 is 0 Å². The van der Waals surface area contributed by atoms with Crippen molar-refractivity contribution in [3.63, 3.8) is 0 Å². The van der Waals surface area contributed by atoms with Crippen molar-refractivity contribution < 1.29 is 19.4 Å². The van der Waals surface area contributed by atoms with Gasteiger partial charge in [-0.2, -0.15) is 0 Å². The van der Waals surface area contributed by atoms with Crippen molar-refractivity contribution in [2.75, 3.05) is 7.11 Å². The average Bonchev–Trinajstić information content (AvgIpc) is 2.26. The van der Waals surface area contributed by atoms with E-state index in [1.807, 2.05) is 0 Å². The van der Waals surface area contributed by atoms with Gasteiger partial charge in [0.2, 0.25) is 0 Å². The Kier molecular flexibility index (Phi) is 7.25. The molecule has 1 atom stereocenters. The van der Waals surface area contributed by atoms with E-state index in [-0.39, 0.29) is 5.57 Å². The molecule has 0 unspecified atom stereocenters. The summed E-state index contributed by atoms with van der Waals surface area (Å²) in [7, 11) is 1.26. The first-order valence-electron chi connectivity index (χ1n) is 5.55. The van der Waals surface area contributed by atoms with Gasteiger partial charge >= 0.3 is 11.9 Å². The Morgan fingerprint density at radius 1 is 1.38 bits per heavy atom. The van der Waals surface area contributed by atoms with Gasteiger partial charge in [0, 0.05) is 5.57 Å².